The van der Waals surface area contributed by atoms with Gasteiger partial charge in [-0.1, -0.05) is 18.2 Å². The van der Waals surface area contributed by atoms with E-state index >= 15 is 0 Å². The summed E-state index contributed by atoms with van der Waals surface area (Å²) in [7, 11) is 0. The number of hydrogen-bond donors (Lipinski definition) is 0. The number of benzene rings is 2. The van der Waals surface area contributed by atoms with Crippen molar-refractivity contribution in [3.8, 4) is 5.75 Å². The fourth-order valence-corrected chi connectivity index (χ4v) is 4.64. The van der Waals surface area contributed by atoms with Crippen LogP contribution in [0.5, 0.6) is 5.75 Å². The Labute approximate surface area is 182 Å². The van der Waals surface area contributed by atoms with Gasteiger partial charge < -0.3 is 9.64 Å². The molecule has 32 heavy (non-hydrogen) atoms. The summed E-state index contributed by atoms with van der Waals surface area (Å²) in [5.41, 5.74) is 0.285. The van der Waals surface area contributed by atoms with Crippen LogP contribution in [0, 0.1) is 0 Å². The van der Waals surface area contributed by atoms with Crippen molar-refractivity contribution in [3.05, 3.63) is 87.1 Å². The molecule has 1 amide bonds. The van der Waals surface area contributed by atoms with Crippen LogP contribution < -0.4 is 4.74 Å². The maximum Gasteiger partial charge on any atom is 0.573 e. The molecule has 4 rings (SSSR count). The standard InChI is InChI=1S/C22H15F6NO2S/c23-21(24,25)15-3-1-2-14(12-15)20(30)29-10-8-18-17(9-11-32-18)19(29)13-4-6-16(7-5-13)31-22(26,27)28/h1-7,9,11-12,19H,8,10H2/t19-/m1/s1. The van der Waals surface area contributed by atoms with Gasteiger partial charge in [0.2, 0.25) is 0 Å². The number of hydrogen-bond acceptors (Lipinski definition) is 3. The average molecular weight is 471 g/mol. The van der Waals surface area contributed by atoms with E-state index < -0.39 is 35.8 Å². The Balaban J connectivity index is 1.70. The van der Waals surface area contributed by atoms with Crippen LogP contribution in [0.1, 0.15) is 38.0 Å². The molecule has 2 heterocycles. The van der Waals surface area contributed by atoms with E-state index in [0.29, 0.717) is 12.0 Å². The highest BCUT2D eigenvalue weighted by atomic mass is 32.1. The summed E-state index contributed by atoms with van der Waals surface area (Å²) in [5, 5.41) is 1.84. The number of thiophene rings is 1. The highest BCUT2D eigenvalue weighted by Crippen LogP contribution is 2.39. The molecule has 0 N–H and O–H groups in total. The van der Waals surface area contributed by atoms with Crippen molar-refractivity contribution >= 4 is 17.2 Å². The van der Waals surface area contributed by atoms with E-state index in [4.69, 9.17) is 0 Å². The zero-order chi connectivity index (χ0) is 23.1. The Hall–Kier alpha value is -3.01. The van der Waals surface area contributed by atoms with Gasteiger partial charge in [0.1, 0.15) is 5.75 Å². The minimum atomic E-state index is -4.83. The van der Waals surface area contributed by atoms with Gasteiger partial charge in [-0.25, -0.2) is 0 Å². The van der Waals surface area contributed by atoms with E-state index in [2.05, 4.69) is 4.74 Å². The van der Waals surface area contributed by atoms with Crippen LogP contribution in [0.2, 0.25) is 0 Å². The molecular formula is C22H15F6NO2S. The molecule has 2 aromatic carbocycles. The van der Waals surface area contributed by atoms with Gasteiger partial charge in [-0.3, -0.25) is 4.79 Å². The second-order valence-electron chi connectivity index (χ2n) is 7.15. The maximum atomic E-state index is 13.2. The third-order valence-corrected chi connectivity index (χ3v) is 6.09. The molecule has 0 aliphatic carbocycles. The minimum Gasteiger partial charge on any atom is -0.406 e. The van der Waals surface area contributed by atoms with Crippen LogP contribution in [0.15, 0.2) is 60.0 Å². The quantitative estimate of drug-likeness (QED) is 0.411. The van der Waals surface area contributed by atoms with Crippen LogP contribution in [-0.4, -0.2) is 23.7 Å². The zero-order valence-electron chi connectivity index (χ0n) is 16.2. The van der Waals surface area contributed by atoms with Gasteiger partial charge in [-0.15, -0.1) is 24.5 Å². The Morgan fingerprint density at radius 2 is 1.72 bits per heavy atom. The lowest BCUT2D eigenvalue weighted by Crippen LogP contribution is -2.40. The summed E-state index contributed by atoms with van der Waals surface area (Å²) in [5.74, 6) is -0.994. The van der Waals surface area contributed by atoms with Gasteiger partial charge in [0.25, 0.3) is 5.91 Å². The van der Waals surface area contributed by atoms with Gasteiger partial charge in [-0.2, -0.15) is 13.2 Å². The van der Waals surface area contributed by atoms with E-state index in [-0.39, 0.29) is 12.1 Å². The molecule has 1 aliphatic heterocycles. The normalized spacial score (nSPS) is 16.6. The predicted molar refractivity (Wildman–Crippen MR) is 105 cm³/mol. The van der Waals surface area contributed by atoms with Crippen LogP contribution in [0.25, 0.3) is 0 Å². The summed E-state index contributed by atoms with van der Waals surface area (Å²) >= 11 is 1.49. The van der Waals surface area contributed by atoms with Crippen molar-refractivity contribution in [1.29, 1.82) is 0 Å². The van der Waals surface area contributed by atoms with Crippen LogP contribution in [0.4, 0.5) is 26.3 Å². The molecule has 168 valence electrons. The number of carbonyl (C=O) groups excluding carboxylic acids is 1. The van der Waals surface area contributed by atoms with Gasteiger partial charge in [-0.05, 0) is 59.3 Å². The van der Waals surface area contributed by atoms with E-state index in [9.17, 15) is 31.1 Å². The summed E-state index contributed by atoms with van der Waals surface area (Å²) < 4.78 is 80.6. The zero-order valence-corrected chi connectivity index (χ0v) is 17.0. The van der Waals surface area contributed by atoms with Crippen molar-refractivity contribution in [1.82, 2.24) is 4.90 Å². The first-order chi connectivity index (χ1) is 15.0. The molecule has 0 bridgehead atoms. The topological polar surface area (TPSA) is 29.5 Å². The SMILES string of the molecule is O=C(c1cccc(C(F)(F)F)c1)N1CCc2sccc2[C@H]1c1ccc(OC(F)(F)F)cc1. The summed E-state index contributed by atoms with van der Waals surface area (Å²) in [6.07, 6.45) is -8.89. The molecule has 0 spiro atoms. The monoisotopic (exact) mass is 471 g/mol. The number of alkyl halides is 6. The van der Waals surface area contributed by atoms with Gasteiger partial charge in [0, 0.05) is 17.0 Å². The van der Waals surface area contributed by atoms with Crippen molar-refractivity contribution in [3.63, 3.8) is 0 Å². The summed E-state index contributed by atoms with van der Waals surface area (Å²) in [4.78, 5) is 15.7. The van der Waals surface area contributed by atoms with Gasteiger partial charge in [0.05, 0.1) is 11.6 Å². The molecule has 0 unspecified atom stereocenters. The molecule has 3 nitrogen and oxygen atoms in total. The van der Waals surface area contributed by atoms with E-state index in [1.54, 1.807) is 0 Å². The molecule has 0 radical (unpaired) electrons. The van der Waals surface area contributed by atoms with Gasteiger partial charge >= 0.3 is 12.5 Å². The van der Waals surface area contributed by atoms with Crippen molar-refractivity contribution in [2.45, 2.75) is 25.0 Å². The largest absolute Gasteiger partial charge is 0.573 e. The molecule has 0 saturated heterocycles. The molecular weight excluding hydrogens is 456 g/mol. The Kier molecular flexibility index (Phi) is 5.66. The Morgan fingerprint density at radius 3 is 2.38 bits per heavy atom. The summed E-state index contributed by atoms with van der Waals surface area (Å²) in [6.45, 7) is 0.258. The molecule has 0 fully saturated rings. The van der Waals surface area contributed by atoms with E-state index in [0.717, 1.165) is 34.7 Å². The molecule has 1 aliphatic rings. The van der Waals surface area contributed by atoms with Crippen LogP contribution in [-0.2, 0) is 12.6 Å². The highest BCUT2D eigenvalue weighted by Gasteiger charge is 2.36. The van der Waals surface area contributed by atoms with Gasteiger partial charge in [0.15, 0.2) is 0 Å². The Bertz CT molecular complexity index is 1120. The third kappa shape index (κ3) is 4.59. The average Bonchev–Trinajstić information content (AvgIpc) is 3.20. The maximum absolute atomic E-state index is 13.2. The Morgan fingerprint density at radius 1 is 1.00 bits per heavy atom. The van der Waals surface area contributed by atoms with Crippen LogP contribution >= 0.6 is 11.3 Å². The first kappa shape index (κ1) is 22.2. The number of ether oxygens (including phenoxy) is 1. The van der Waals surface area contributed by atoms with Crippen molar-refractivity contribution in [2.24, 2.45) is 0 Å². The molecule has 0 saturated carbocycles. The lowest BCUT2D eigenvalue weighted by atomic mass is 9.92. The molecule has 10 heteroatoms. The molecule has 3 aromatic rings. The smallest absolute Gasteiger partial charge is 0.406 e. The minimum absolute atomic E-state index is 0.111. The lowest BCUT2D eigenvalue weighted by Gasteiger charge is -2.36. The highest BCUT2D eigenvalue weighted by molar-refractivity contribution is 7.10. The van der Waals surface area contributed by atoms with Crippen LogP contribution in [0.3, 0.4) is 0 Å². The second kappa shape index (κ2) is 8.16. The lowest BCUT2D eigenvalue weighted by molar-refractivity contribution is -0.274. The van der Waals surface area contributed by atoms with Crippen molar-refractivity contribution in [2.75, 3.05) is 6.54 Å². The first-order valence-electron chi connectivity index (χ1n) is 9.43. The number of amides is 1. The van der Waals surface area contributed by atoms with E-state index in [1.807, 2.05) is 11.4 Å². The number of fused-ring (bicyclic) bond motifs is 1. The number of carbonyl (C=O) groups is 1. The van der Waals surface area contributed by atoms with E-state index in [1.165, 1.54) is 40.5 Å². The fraction of sp³-hybridized carbons (Fsp3) is 0.227. The summed E-state index contributed by atoms with van der Waals surface area (Å²) in [6, 6.07) is 10.5. The predicted octanol–water partition coefficient (Wildman–Crippen LogP) is 6.45. The van der Waals surface area contributed by atoms with Crippen molar-refractivity contribution < 1.29 is 35.9 Å². The number of halogens is 6. The second-order valence-corrected chi connectivity index (χ2v) is 8.15. The molecule has 1 atom stereocenters. The third-order valence-electron chi connectivity index (χ3n) is 5.09. The molecule has 1 aromatic heterocycles. The number of nitrogens with zero attached hydrogens (tertiary/aromatic N) is 1. The number of rotatable bonds is 3. The fourth-order valence-electron chi connectivity index (χ4n) is 3.74. The first-order valence-corrected chi connectivity index (χ1v) is 10.3.